The summed E-state index contributed by atoms with van der Waals surface area (Å²) in [5.74, 6) is 1.70. The molecule has 0 fully saturated rings. The zero-order valence-electron chi connectivity index (χ0n) is 9.70. The van der Waals surface area contributed by atoms with Gasteiger partial charge in [-0.15, -0.1) is 16.7 Å². The van der Waals surface area contributed by atoms with Crippen molar-refractivity contribution in [1.29, 1.82) is 0 Å². The van der Waals surface area contributed by atoms with Gasteiger partial charge in [-0.05, 0) is 31.8 Å². The Balaban J connectivity index is 2.12. The molecule has 1 aromatic rings. The maximum absolute atomic E-state index is 5.81. The minimum Gasteiger partial charge on any atom is -0.407 e. The summed E-state index contributed by atoms with van der Waals surface area (Å²) in [4.78, 5) is 0. The molecular formula is C10H18ClN3OS. The normalized spacial score (nSPS) is 12.7. The lowest BCUT2D eigenvalue weighted by molar-refractivity contribution is 0.505. The number of nitrogens with one attached hydrogen (secondary N) is 1. The summed E-state index contributed by atoms with van der Waals surface area (Å²) in [5.41, 5.74) is 0. The van der Waals surface area contributed by atoms with E-state index in [1.807, 2.05) is 11.8 Å². The van der Waals surface area contributed by atoms with Crippen LogP contribution in [0, 0.1) is 0 Å². The fraction of sp³-hybridized carbons (Fsp3) is 0.800. The van der Waals surface area contributed by atoms with Crippen LogP contribution < -0.4 is 5.32 Å². The molecule has 1 atom stereocenters. The number of hydrogen-bond donors (Lipinski definition) is 1. The van der Waals surface area contributed by atoms with E-state index in [-0.39, 0.29) is 5.38 Å². The lowest BCUT2D eigenvalue weighted by atomic mass is 10.2. The predicted molar refractivity (Wildman–Crippen MR) is 69.3 cm³/mol. The maximum Gasteiger partial charge on any atom is 0.315 e. The van der Waals surface area contributed by atoms with Crippen LogP contribution in [0.4, 0.5) is 6.01 Å². The highest BCUT2D eigenvalue weighted by Gasteiger charge is 2.10. The first-order valence-electron chi connectivity index (χ1n) is 5.44. The summed E-state index contributed by atoms with van der Waals surface area (Å²) in [6.45, 7) is 2.67. The van der Waals surface area contributed by atoms with Crippen molar-refractivity contribution in [2.45, 2.75) is 31.6 Å². The molecule has 1 unspecified atom stereocenters. The summed E-state index contributed by atoms with van der Waals surface area (Å²) < 4.78 is 5.30. The lowest BCUT2D eigenvalue weighted by Crippen LogP contribution is -2.01. The number of unbranched alkanes of at least 4 members (excludes halogenated alkanes) is 2. The van der Waals surface area contributed by atoms with Crippen LogP contribution in [0.15, 0.2) is 4.42 Å². The van der Waals surface area contributed by atoms with Gasteiger partial charge in [-0.2, -0.15) is 11.8 Å². The van der Waals surface area contributed by atoms with E-state index >= 15 is 0 Å². The van der Waals surface area contributed by atoms with Gasteiger partial charge < -0.3 is 9.73 Å². The highest BCUT2D eigenvalue weighted by Crippen LogP contribution is 2.19. The molecule has 1 heterocycles. The van der Waals surface area contributed by atoms with Crippen molar-refractivity contribution >= 4 is 29.4 Å². The molecule has 0 bridgehead atoms. The first kappa shape index (κ1) is 13.6. The number of thioether (sulfide) groups is 1. The second-order valence-corrected chi connectivity index (χ2v) is 5.18. The minimum absolute atomic E-state index is 0.232. The molecular weight excluding hydrogens is 246 g/mol. The zero-order valence-corrected chi connectivity index (χ0v) is 11.3. The Morgan fingerprint density at radius 3 is 2.81 bits per heavy atom. The van der Waals surface area contributed by atoms with Gasteiger partial charge in [-0.1, -0.05) is 11.5 Å². The van der Waals surface area contributed by atoms with Gasteiger partial charge in [-0.3, -0.25) is 0 Å². The van der Waals surface area contributed by atoms with Crippen molar-refractivity contribution in [3.63, 3.8) is 0 Å². The van der Waals surface area contributed by atoms with Crippen LogP contribution >= 0.6 is 23.4 Å². The lowest BCUT2D eigenvalue weighted by Gasteiger charge is -2.00. The van der Waals surface area contributed by atoms with Crippen molar-refractivity contribution in [2.75, 3.05) is 23.9 Å². The molecule has 0 saturated heterocycles. The average molecular weight is 264 g/mol. The molecule has 0 aliphatic carbocycles. The Kier molecular flexibility index (Phi) is 6.64. The molecule has 0 radical (unpaired) electrons. The number of nitrogens with zero attached hydrogens (tertiary/aromatic N) is 2. The van der Waals surface area contributed by atoms with E-state index in [9.17, 15) is 0 Å². The standard InChI is InChI=1S/C10H18ClN3OS/c1-8(11)9-13-14-10(15-9)12-6-4-3-5-7-16-2/h8H,3-7H2,1-2H3,(H,12,14). The largest absolute Gasteiger partial charge is 0.407 e. The van der Waals surface area contributed by atoms with Gasteiger partial charge in [-0.25, -0.2) is 0 Å². The number of anilines is 1. The van der Waals surface area contributed by atoms with Crippen LogP contribution in [-0.2, 0) is 0 Å². The van der Waals surface area contributed by atoms with Gasteiger partial charge in [0.1, 0.15) is 5.38 Å². The van der Waals surface area contributed by atoms with E-state index in [0.29, 0.717) is 11.9 Å². The summed E-state index contributed by atoms with van der Waals surface area (Å²) in [5, 5.41) is 10.5. The second-order valence-electron chi connectivity index (χ2n) is 3.54. The molecule has 1 rings (SSSR count). The van der Waals surface area contributed by atoms with Crippen molar-refractivity contribution < 1.29 is 4.42 Å². The molecule has 0 aliphatic heterocycles. The summed E-state index contributed by atoms with van der Waals surface area (Å²) >= 11 is 7.70. The summed E-state index contributed by atoms with van der Waals surface area (Å²) in [7, 11) is 0. The van der Waals surface area contributed by atoms with Gasteiger partial charge in [0.15, 0.2) is 0 Å². The molecule has 1 N–H and O–H groups in total. The molecule has 0 aliphatic rings. The molecule has 0 amide bonds. The minimum atomic E-state index is -0.232. The SMILES string of the molecule is CSCCCCCNc1nnc(C(C)Cl)o1. The van der Waals surface area contributed by atoms with Gasteiger partial charge in [0.05, 0.1) is 0 Å². The highest BCUT2D eigenvalue weighted by molar-refractivity contribution is 7.98. The number of halogens is 1. The molecule has 4 nitrogen and oxygen atoms in total. The first-order valence-corrected chi connectivity index (χ1v) is 7.27. The molecule has 0 spiro atoms. The molecule has 1 aromatic heterocycles. The third-order valence-electron chi connectivity index (χ3n) is 2.08. The Bertz CT molecular complexity index is 293. The first-order chi connectivity index (χ1) is 7.74. The van der Waals surface area contributed by atoms with E-state index in [0.717, 1.165) is 13.0 Å². The van der Waals surface area contributed by atoms with Crippen molar-refractivity contribution in [2.24, 2.45) is 0 Å². The monoisotopic (exact) mass is 263 g/mol. The quantitative estimate of drug-likeness (QED) is 0.576. The molecule has 6 heteroatoms. The molecule has 92 valence electrons. The second kappa shape index (κ2) is 7.79. The van der Waals surface area contributed by atoms with E-state index in [2.05, 4.69) is 21.8 Å². The number of aromatic nitrogens is 2. The maximum atomic E-state index is 5.81. The van der Waals surface area contributed by atoms with Gasteiger partial charge in [0, 0.05) is 6.54 Å². The zero-order chi connectivity index (χ0) is 11.8. The van der Waals surface area contributed by atoms with Crippen molar-refractivity contribution in [1.82, 2.24) is 10.2 Å². The van der Waals surface area contributed by atoms with Gasteiger partial charge in [0.2, 0.25) is 5.89 Å². The highest BCUT2D eigenvalue weighted by atomic mass is 35.5. The number of alkyl halides is 1. The van der Waals surface area contributed by atoms with Crippen LogP contribution in [0.5, 0.6) is 0 Å². The molecule has 0 aromatic carbocycles. The number of rotatable bonds is 8. The van der Waals surface area contributed by atoms with Gasteiger partial charge in [0.25, 0.3) is 0 Å². The van der Waals surface area contributed by atoms with Crippen molar-refractivity contribution in [3.8, 4) is 0 Å². The Labute approximate surface area is 106 Å². The average Bonchev–Trinajstić information content (AvgIpc) is 2.72. The Hall–Kier alpha value is -0.420. The van der Waals surface area contributed by atoms with Crippen LogP contribution in [0.1, 0.15) is 37.5 Å². The smallest absolute Gasteiger partial charge is 0.315 e. The topological polar surface area (TPSA) is 51.0 Å². The third-order valence-corrected chi connectivity index (χ3v) is 2.97. The predicted octanol–water partition coefficient (Wildman–Crippen LogP) is 3.31. The molecule has 16 heavy (non-hydrogen) atoms. The Morgan fingerprint density at radius 1 is 1.38 bits per heavy atom. The van der Waals surface area contributed by atoms with E-state index in [1.165, 1.54) is 18.6 Å². The van der Waals surface area contributed by atoms with Crippen LogP contribution in [0.3, 0.4) is 0 Å². The van der Waals surface area contributed by atoms with Gasteiger partial charge >= 0.3 is 6.01 Å². The van der Waals surface area contributed by atoms with E-state index in [4.69, 9.17) is 16.0 Å². The Morgan fingerprint density at radius 2 is 2.19 bits per heavy atom. The van der Waals surface area contributed by atoms with Crippen LogP contribution in [0.2, 0.25) is 0 Å². The summed E-state index contributed by atoms with van der Waals surface area (Å²) in [6, 6.07) is 0.465. The number of hydrogen-bond acceptors (Lipinski definition) is 5. The van der Waals surface area contributed by atoms with Crippen LogP contribution in [-0.4, -0.2) is 28.8 Å². The van der Waals surface area contributed by atoms with E-state index in [1.54, 1.807) is 6.92 Å². The fourth-order valence-electron chi connectivity index (χ4n) is 1.21. The molecule has 0 saturated carbocycles. The third kappa shape index (κ3) is 5.07. The van der Waals surface area contributed by atoms with Crippen LogP contribution in [0.25, 0.3) is 0 Å². The van der Waals surface area contributed by atoms with E-state index < -0.39 is 0 Å². The van der Waals surface area contributed by atoms with Crippen molar-refractivity contribution in [3.05, 3.63) is 5.89 Å². The summed E-state index contributed by atoms with van der Waals surface area (Å²) in [6.07, 6.45) is 5.73. The fourth-order valence-corrected chi connectivity index (χ4v) is 1.79.